The average Bonchev–Trinajstić information content (AvgIpc) is 2.26. The number of aldehydes is 1. The summed E-state index contributed by atoms with van der Waals surface area (Å²) in [5.74, 6) is -0.202. The van der Waals surface area contributed by atoms with Gasteiger partial charge in [-0.1, -0.05) is 15.9 Å². The largest absolute Gasteiger partial charge is 0.298 e. The standard InChI is InChI=1S/C10H5BrINO2/c11-3-10(15)7-1-6(4-13)2-9(12)8(7)5-14/h1-2,5H,3H2. The molecule has 1 rings (SSSR count). The molecule has 15 heavy (non-hydrogen) atoms. The number of benzene rings is 1. The van der Waals surface area contributed by atoms with Crippen molar-refractivity contribution < 1.29 is 9.59 Å². The summed E-state index contributed by atoms with van der Waals surface area (Å²) in [6.45, 7) is 0. The molecule has 0 bridgehead atoms. The van der Waals surface area contributed by atoms with Crippen molar-refractivity contribution in [1.82, 2.24) is 0 Å². The van der Waals surface area contributed by atoms with E-state index in [-0.39, 0.29) is 11.1 Å². The Morgan fingerprint density at radius 3 is 2.73 bits per heavy atom. The second-order valence-electron chi connectivity index (χ2n) is 2.71. The lowest BCUT2D eigenvalue weighted by Crippen LogP contribution is -2.07. The fourth-order valence-corrected chi connectivity index (χ4v) is 2.16. The van der Waals surface area contributed by atoms with Gasteiger partial charge in [0, 0.05) is 14.7 Å². The number of hydrogen-bond donors (Lipinski definition) is 0. The summed E-state index contributed by atoms with van der Waals surface area (Å²) in [6, 6.07) is 4.97. The Kier molecular flexibility index (Phi) is 4.42. The number of hydrogen-bond acceptors (Lipinski definition) is 3. The Balaban J connectivity index is 3.46. The topological polar surface area (TPSA) is 57.9 Å². The molecular formula is C10H5BrINO2. The van der Waals surface area contributed by atoms with Gasteiger partial charge in [0.2, 0.25) is 0 Å². The van der Waals surface area contributed by atoms with Crippen LogP contribution in [0.25, 0.3) is 0 Å². The smallest absolute Gasteiger partial charge is 0.174 e. The highest BCUT2D eigenvalue weighted by Gasteiger charge is 2.14. The van der Waals surface area contributed by atoms with E-state index in [4.69, 9.17) is 5.26 Å². The first-order chi connectivity index (χ1) is 7.13. The van der Waals surface area contributed by atoms with Crippen LogP contribution in [0.1, 0.15) is 26.3 Å². The Hall–Kier alpha value is -0.740. The summed E-state index contributed by atoms with van der Waals surface area (Å²) in [7, 11) is 0. The van der Waals surface area contributed by atoms with E-state index in [0.29, 0.717) is 26.5 Å². The normalized spacial score (nSPS) is 9.40. The molecule has 0 aliphatic carbocycles. The van der Waals surface area contributed by atoms with Gasteiger partial charge in [0.25, 0.3) is 0 Å². The molecule has 76 valence electrons. The molecule has 1 aromatic rings. The number of Topliss-reactive ketones (excluding diaryl/α,β-unsaturated/α-hetero) is 1. The lowest BCUT2D eigenvalue weighted by atomic mass is 10.0. The maximum absolute atomic E-state index is 11.5. The van der Waals surface area contributed by atoms with Crippen molar-refractivity contribution in [2.24, 2.45) is 0 Å². The molecule has 0 aromatic heterocycles. The van der Waals surface area contributed by atoms with Gasteiger partial charge in [-0.05, 0) is 34.7 Å². The average molecular weight is 378 g/mol. The molecule has 0 aliphatic heterocycles. The molecule has 1 aromatic carbocycles. The minimum atomic E-state index is -0.202. The van der Waals surface area contributed by atoms with Gasteiger partial charge in [-0.25, -0.2) is 0 Å². The van der Waals surface area contributed by atoms with Gasteiger partial charge in [-0.3, -0.25) is 9.59 Å². The Bertz CT molecular complexity index is 465. The first-order valence-corrected chi connectivity index (χ1v) is 6.12. The number of nitriles is 1. The van der Waals surface area contributed by atoms with Gasteiger partial charge in [-0.15, -0.1) is 0 Å². The van der Waals surface area contributed by atoms with Crippen molar-refractivity contribution in [2.45, 2.75) is 0 Å². The maximum Gasteiger partial charge on any atom is 0.174 e. The highest BCUT2D eigenvalue weighted by atomic mass is 127. The number of carbonyl (C=O) groups is 2. The molecule has 0 radical (unpaired) electrons. The molecule has 0 unspecified atom stereocenters. The van der Waals surface area contributed by atoms with Crippen molar-refractivity contribution >= 4 is 50.6 Å². The zero-order valence-corrected chi connectivity index (χ0v) is 11.2. The predicted octanol–water partition coefficient (Wildman–Crippen LogP) is 2.55. The number of rotatable bonds is 3. The van der Waals surface area contributed by atoms with E-state index in [1.165, 1.54) is 6.07 Å². The summed E-state index contributed by atoms with van der Waals surface area (Å²) < 4.78 is 0.617. The van der Waals surface area contributed by atoms with Crippen LogP contribution in [0.4, 0.5) is 0 Å². The van der Waals surface area contributed by atoms with Gasteiger partial charge in [0.15, 0.2) is 12.1 Å². The number of nitrogens with zero attached hydrogens (tertiary/aromatic N) is 1. The second kappa shape index (κ2) is 5.37. The van der Waals surface area contributed by atoms with Crippen LogP contribution in [0.5, 0.6) is 0 Å². The van der Waals surface area contributed by atoms with Crippen LogP contribution in [0.2, 0.25) is 0 Å². The van der Waals surface area contributed by atoms with Gasteiger partial charge < -0.3 is 0 Å². The molecular weight excluding hydrogens is 373 g/mol. The lowest BCUT2D eigenvalue weighted by molar-refractivity contribution is 0.101. The molecule has 3 nitrogen and oxygen atoms in total. The number of ketones is 1. The quantitative estimate of drug-likeness (QED) is 0.352. The molecule has 0 amide bonds. The Morgan fingerprint density at radius 1 is 1.60 bits per heavy atom. The zero-order valence-electron chi connectivity index (χ0n) is 7.46. The van der Waals surface area contributed by atoms with Crippen LogP contribution < -0.4 is 0 Å². The molecule has 0 saturated carbocycles. The van der Waals surface area contributed by atoms with Crippen LogP contribution in [0, 0.1) is 14.9 Å². The molecule has 5 heteroatoms. The maximum atomic E-state index is 11.5. The van der Waals surface area contributed by atoms with E-state index >= 15 is 0 Å². The lowest BCUT2D eigenvalue weighted by Gasteiger charge is -2.04. The van der Waals surface area contributed by atoms with Crippen molar-refractivity contribution in [3.8, 4) is 6.07 Å². The van der Waals surface area contributed by atoms with Crippen LogP contribution in [-0.2, 0) is 0 Å². The van der Waals surface area contributed by atoms with E-state index in [1.807, 2.05) is 28.7 Å². The predicted molar refractivity (Wildman–Crippen MR) is 67.4 cm³/mol. The first-order valence-electron chi connectivity index (χ1n) is 3.92. The molecule has 0 saturated heterocycles. The fourth-order valence-electron chi connectivity index (χ4n) is 1.10. The molecule has 0 aliphatic rings. The third kappa shape index (κ3) is 2.63. The number of halogens is 2. The highest BCUT2D eigenvalue weighted by molar-refractivity contribution is 14.1. The van der Waals surface area contributed by atoms with E-state index in [1.54, 1.807) is 6.07 Å². The molecule has 0 spiro atoms. The monoisotopic (exact) mass is 377 g/mol. The Morgan fingerprint density at radius 2 is 2.27 bits per heavy atom. The minimum Gasteiger partial charge on any atom is -0.298 e. The van der Waals surface area contributed by atoms with Gasteiger partial charge in [0.05, 0.1) is 17.0 Å². The van der Waals surface area contributed by atoms with E-state index in [0.717, 1.165) is 0 Å². The van der Waals surface area contributed by atoms with Crippen molar-refractivity contribution in [1.29, 1.82) is 5.26 Å². The Labute approximate surface area is 109 Å². The second-order valence-corrected chi connectivity index (χ2v) is 4.43. The van der Waals surface area contributed by atoms with Crippen LogP contribution >= 0.6 is 38.5 Å². The molecule has 0 fully saturated rings. The zero-order chi connectivity index (χ0) is 11.4. The van der Waals surface area contributed by atoms with Crippen molar-refractivity contribution in [3.63, 3.8) is 0 Å². The van der Waals surface area contributed by atoms with Crippen LogP contribution in [0.15, 0.2) is 12.1 Å². The fraction of sp³-hybridized carbons (Fsp3) is 0.100. The summed E-state index contributed by atoms with van der Waals surface area (Å²) in [5, 5.41) is 8.88. The number of alkyl halides is 1. The third-order valence-electron chi connectivity index (χ3n) is 1.80. The summed E-state index contributed by atoms with van der Waals surface area (Å²) >= 11 is 4.97. The number of carbonyl (C=O) groups excluding carboxylic acids is 2. The van der Waals surface area contributed by atoms with Crippen LogP contribution in [0.3, 0.4) is 0 Å². The van der Waals surface area contributed by atoms with Crippen LogP contribution in [-0.4, -0.2) is 17.4 Å². The van der Waals surface area contributed by atoms with E-state index < -0.39 is 0 Å². The van der Waals surface area contributed by atoms with Gasteiger partial charge in [-0.2, -0.15) is 5.26 Å². The van der Waals surface area contributed by atoms with Crippen molar-refractivity contribution in [2.75, 3.05) is 5.33 Å². The third-order valence-corrected chi connectivity index (χ3v) is 3.20. The van der Waals surface area contributed by atoms with Gasteiger partial charge in [0.1, 0.15) is 0 Å². The summed E-state index contributed by atoms with van der Waals surface area (Å²) in [5.41, 5.74) is 1.03. The highest BCUT2D eigenvalue weighted by Crippen LogP contribution is 2.19. The van der Waals surface area contributed by atoms with Gasteiger partial charge >= 0.3 is 0 Å². The van der Waals surface area contributed by atoms with E-state index in [9.17, 15) is 9.59 Å². The van der Waals surface area contributed by atoms with Crippen molar-refractivity contribution in [3.05, 3.63) is 32.4 Å². The minimum absolute atomic E-state index is 0.138. The summed E-state index contributed by atoms with van der Waals surface area (Å²) in [4.78, 5) is 22.3. The molecule has 0 atom stereocenters. The first kappa shape index (κ1) is 12.3. The summed E-state index contributed by atoms with van der Waals surface area (Å²) in [6.07, 6.45) is 0.638. The molecule has 0 N–H and O–H groups in total. The molecule has 0 heterocycles. The van der Waals surface area contributed by atoms with E-state index in [2.05, 4.69) is 15.9 Å². The SMILES string of the molecule is N#Cc1cc(I)c(C=O)c(C(=O)CBr)c1.